The van der Waals surface area contributed by atoms with E-state index in [1.165, 1.54) is 13.5 Å². The number of nitrogens with zero attached hydrogens (tertiary/aromatic N) is 1. The molecule has 3 aliphatic rings. The SMILES string of the molecule is COCC(=O)NC1CCN(C(=O)C2CC3CCC2N3)CC1. The molecule has 0 aromatic rings. The van der Waals surface area contributed by atoms with Gasteiger partial charge in [-0.3, -0.25) is 9.59 Å². The van der Waals surface area contributed by atoms with Crippen LogP contribution in [0.4, 0.5) is 0 Å². The van der Waals surface area contributed by atoms with Crippen LogP contribution in [0.15, 0.2) is 0 Å². The summed E-state index contributed by atoms with van der Waals surface area (Å²) in [6.07, 6.45) is 5.06. The fourth-order valence-electron chi connectivity index (χ4n) is 3.98. The van der Waals surface area contributed by atoms with E-state index in [0.29, 0.717) is 18.0 Å². The fraction of sp³-hybridized carbons (Fsp3) is 0.867. The van der Waals surface area contributed by atoms with E-state index >= 15 is 0 Å². The smallest absolute Gasteiger partial charge is 0.246 e. The molecule has 3 saturated heterocycles. The first-order valence-electron chi connectivity index (χ1n) is 8.00. The Morgan fingerprint density at radius 3 is 2.57 bits per heavy atom. The molecule has 6 nitrogen and oxygen atoms in total. The normalized spacial score (nSPS) is 32.4. The Kier molecular flexibility index (Phi) is 4.45. The minimum absolute atomic E-state index is 0.0698. The van der Waals surface area contributed by atoms with Crippen molar-refractivity contribution in [2.24, 2.45) is 5.92 Å². The molecule has 0 aromatic carbocycles. The fourth-order valence-corrected chi connectivity index (χ4v) is 3.98. The second-order valence-corrected chi connectivity index (χ2v) is 6.49. The first-order valence-corrected chi connectivity index (χ1v) is 8.00. The van der Waals surface area contributed by atoms with Crippen molar-refractivity contribution in [1.82, 2.24) is 15.5 Å². The van der Waals surface area contributed by atoms with Gasteiger partial charge in [-0.1, -0.05) is 0 Å². The van der Waals surface area contributed by atoms with Gasteiger partial charge in [-0.15, -0.1) is 0 Å². The number of carbonyl (C=O) groups excluding carboxylic acids is 2. The minimum Gasteiger partial charge on any atom is -0.375 e. The highest BCUT2D eigenvalue weighted by atomic mass is 16.5. The van der Waals surface area contributed by atoms with Gasteiger partial charge in [-0.25, -0.2) is 0 Å². The predicted molar refractivity (Wildman–Crippen MR) is 77.7 cm³/mol. The van der Waals surface area contributed by atoms with Crippen LogP contribution in [0, 0.1) is 5.92 Å². The van der Waals surface area contributed by atoms with Crippen LogP contribution >= 0.6 is 0 Å². The van der Waals surface area contributed by atoms with Gasteiger partial charge in [0.05, 0.1) is 5.92 Å². The second kappa shape index (κ2) is 6.32. The Labute approximate surface area is 125 Å². The zero-order valence-corrected chi connectivity index (χ0v) is 12.6. The molecule has 3 atom stereocenters. The van der Waals surface area contributed by atoms with Gasteiger partial charge in [0, 0.05) is 38.3 Å². The lowest BCUT2D eigenvalue weighted by atomic mass is 9.87. The lowest BCUT2D eigenvalue weighted by Crippen LogP contribution is -2.49. The number of likely N-dealkylation sites (tertiary alicyclic amines) is 1. The number of amides is 2. The summed E-state index contributed by atoms with van der Waals surface area (Å²) in [5.74, 6) is 0.430. The van der Waals surface area contributed by atoms with E-state index in [4.69, 9.17) is 4.74 Å². The van der Waals surface area contributed by atoms with E-state index in [1.54, 1.807) is 0 Å². The van der Waals surface area contributed by atoms with Crippen LogP contribution in [0.3, 0.4) is 0 Å². The van der Waals surface area contributed by atoms with Crippen LogP contribution in [-0.4, -0.2) is 61.6 Å². The van der Waals surface area contributed by atoms with Crippen molar-refractivity contribution >= 4 is 11.8 Å². The topological polar surface area (TPSA) is 70.7 Å². The van der Waals surface area contributed by atoms with Crippen LogP contribution in [0.1, 0.15) is 32.1 Å². The van der Waals surface area contributed by atoms with Crippen molar-refractivity contribution in [3.63, 3.8) is 0 Å². The molecule has 0 spiro atoms. The van der Waals surface area contributed by atoms with E-state index in [-0.39, 0.29) is 24.5 Å². The van der Waals surface area contributed by atoms with Crippen molar-refractivity contribution in [3.05, 3.63) is 0 Å². The summed E-state index contributed by atoms with van der Waals surface area (Å²) in [7, 11) is 1.52. The maximum absolute atomic E-state index is 12.6. The first-order chi connectivity index (χ1) is 10.2. The molecule has 0 aromatic heterocycles. The number of hydrogen-bond donors (Lipinski definition) is 2. The summed E-state index contributed by atoms with van der Waals surface area (Å²) in [6, 6.07) is 1.14. The largest absolute Gasteiger partial charge is 0.375 e. The van der Waals surface area contributed by atoms with Crippen molar-refractivity contribution in [2.75, 3.05) is 26.8 Å². The molecule has 2 amide bonds. The highest BCUT2D eigenvalue weighted by molar-refractivity contribution is 5.80. The van der Waals surface area contributed by atoms with Crippen molar-refractivity contribution in [3.8, 4) is 0 Å². The number of fused-ring (bicyclic) bond motifs is 2. The van der Waals surface area contributed by atoms with Gasteiger partial charge < -0.3 is 20.3 Å². The molecule has 3 aliphatic heterocycles. The van der Waals surface area contributed by atoms with Gasteiger partial charge in [0.15, 0.2) is 0 Å². The molecule has 6 heteroatoms. The highest BCUT2D eigenvalue weighted by Crippen LogP contribution is 2.34. The molecule has 3 heterocycles. The van der Waals surface area contributed by atoms with Gasteiger partial charge in [-0.2, -0.15) is 0 Å². The molecular formula is C15H25N3O3. The van der Waals surface area contributed by atoms with E-state index in [9.17, 15) is 9.59 Å². The van der Waals surface area contributed by atoms with Gasteiger partial charge in [0.25, 0.3) is 0 Å². The quantitative estimate of drug-likeness (QED) is 0.759. The third-order valence-electron chi connectivity index (χ3n) is 5.06. The standard InChI is InChI=1S/C15H25N3O3/c1-21-9-14(19)17-10-4-6-18(7-5-10)15(20)12-8-11-2-3-13(12)16-11/h10-13,16H,2-9H2,1H3,(H,17,19). The van der Waals surface area contributed by atoms with Gasteiger partial charge >= 0.3 is 0 Å². The monoisotopic (exact) mass is 295 g/mol. The Morgan fingerprint density at radius 1 is 1.24 bits per heavy atom. The number of carbonyl (C=O) groups is 2. The molecule has 0 radical (unpaired) electrons. The summed E-state index contributed by atoms with van der Waals surface area (Å²) >= 11 is 0. The number of ether oxygens (including phenoxy) is 1. The Bertz CT molecular complexity index is 407. The Hall–Kier alpha value is -1.14. The molecule has 2 bridgehead atoms. The van der Waals surface area contributed by atoms with Gasteiger partial charge in [0.1, 0.15) is 6.61 Å². The molecule has 3 fully saturated rings. The van der Waals surface area contributed by atoms with E-state index in [2.05, 4.69) is 10.6 Å². The third-order valence-corrected chi connectivity index (χ3v) is 5.06. The lowest BCUT2D eigenvalue weighted by Gasteiger charge is -2.35. The van der Waals surface area contributed by atoms with Gasteiger partial charge in [-0.05, 0) is 32.1 Å². The second-order valence-electron chi connectivity index (χ2n) is 6.49. The maximum atomic E-state index is 12.6. The molecular weight excluding hydrogens is 270 g/mol. The van der Waals surface area contributed by atoms with E-state index in [1.807, 2.05) is 4.90 Å². The molecule has 21 heavy (non-hydrogen) atoms. The number of nitrogens with one attached hydrogen (secondary N) is 2. The predicted octanol–water partition coefficient (Wildman–Crippen LogP) is -0.119. The number of rotatable bonds is 4. The Balaban J connectivity index is 1.45. The van der Waals surface area contributed by atoms with E-state index in [0.717, 1.165) is 38.8 Å². The van der Waals surface area contributed by atoms with Crippen LogP contribution in [0.2, 0.25) is 0 Å². The summed E-state index contributed by atoms with van der Waals surface area (Å²) < 4.78 is 4.82. The summed E-state index contributed by atoms with van der Waals surface area (Å²) in [4.78, 5) is 26.1. The number of methoxy groups -OCH3 is 1. The average molecular weight is 295 g/mol. The molecule has 2 N–H and O–H groups in total. The van der Waals surface area contributed by atoms with E-state index < -0.39 is 0 Å². The molecule has 3 unspecified atom stereocenters. The van der Waals surface area contributed by atoms with Crippen LogP contribution in [0.25, 0.3) is 0 Å². The first kappa shape index (κ1) is 14.8. The third kappa shape index (κ3) is 3.21. The van der Waals surface area contributed by atoms with Crippen LogP contribution in [0.5, 0.6) is 0 Å². The summed E-state index contributed by atoms with van der Waals surface area (Å²) in [6.45, 7) is 1.62. The van der Waals surface area contributed by atoms with Crippen molar-refractivity contribution < 1.29 is 14.3 Å². The summed E-state index contributed by atoms with van der Waals surface area (Å²) in [5, 5.41) is 6.49. The molecule has 0 aliphatic carbocycles. The van der Waals surface area contributed by atoms with Gasteiger partial charge in [0.2, 0.25) is 11.8 Å². The molecule has 0 saturated carbocycles. The minimum atomic E-state index is -0.0698. The van der Waals surface area contributed by atoms with Crippen molar-refractivity contribution in [1.29, 1.82) is 0 Å². The molecule has 3 rings (SSSR count). The average Bonchev–Trinajstić information content (AvgIpc) is 3.10. The van der Waals surface area contributed by atoms with Crippen LogP contribution < -0.4 is 10.6 Å². The number of hydrogen-bond acceptors (Lipinski definition) is 4. The zero-order chi connectivity index (χ0) is 14.8. The Morgan fingerprint density at radius 2 is 2.00 bits per heavy atom. The van der Waals surface area contributed by atoms with Crippen LogP contribution in [-0.2, 0) is 14.3 Å². The summed E-state index contributed by atoms with van der Waals surface area (Å²) in [5.41, 5.74) is 0. The highest BCUT2D eigenvalue weighted by Gasteiger charge is 2.44. The maximum Gasteiger partial charge on any atom is 0.246 e. The van der Waals surface area contributed by atoms with Crippen molar-refractivity contribution in [2.45, 2.75) is 50.2 Å². The zero-order valence-electron chi connectivity index (χ0n) is 12.6. The lowest BCUT2D eigenvalue weighted by molar-refractivity contribution is -0.137. The molecule has 118 valence electrons. The number of piperidine rings is 1.